The molecule has 0 aliphatic heterocycles. The molecule has 0 unspecified atom stereocenters. The van der Waals surface area contributed by atoms with Crippen LogP contribution in [0.5, 0.6) is 0 Å². The lowest BCUT2D eigenvalue weighted by Crippen LogP contribution is -2.33. The smallest absolute Gasteiger partial charge is 0.234 e. The second-order valence-corrected chi connectivity index (χ2v) is 4.37. The van der Waals surface area contributed by atoms with Crippen molar-refractivity contribution < 1.29 is 9.18 Å². The number of amides is 1. The molecule has 0 aliphatic rings. The van der Waals surface area contributed by atoms with Gasteiger partial charge in [0.25, 0.3) is 0 Å². The summed E-state index contributed by atoms with van der Waals surface area (Å²) in [7, 11) is 0. The Morgan fingerprint density at radius 3 is 2.60 bits per heavy atom. The number of benzene rings is 1. The van der Waals surface area contributed by atoms with E-state index < -0.39 is 0 Å². The third kappa shape index (κ3) is 4.78. The van der Waals surface area contributed by atoms with Gasteiger partial charge in [-0.1, -0.05) is 18.2 Å². The second kappa shape index (κ2) is 7.35. The van der Waals surface area contributed by atoms with Crippen molar-refractivity contribution in [3.8, 4) is 0 Å². The van der Waals surface area contributed by atoms with E-state index in [-0.39, 0.29) is 18.3 Å². The number of nitrogens with one attached hydrogen (secondary N) is 2. The number of carbonyl (C=O) groups is 1. The van der Waals surface area contributed by atoms with Gasteiger partial charge in [0.15, 0.2) is 0 Å². The summed E-state index contributed by atoms with van der Waals surface area (Å²) in [5, 5.41) is 5.80. The first kappa shape index (κ1) is 14.1. The molecule has 1 amide bonds. The summed E-state index contributed by atoms with van der Waals surface area (Å²) in [4.78, 5) is 15.6. The van der Waals surface area contributed by atoms with Gasteiger partial charge in [-0.3, -0.25) is 9.78 Å². The van der Waals surface area contributed by atoms with Crippen LogP contribution in [0.1, 0.15) is 11.1 Å². The maximum absolute atomic E-state index is 12.7. The first-order valence-electron chi connectivity index (χ1n) is 6.35. The predicted octanol–water partition coefficient (Wildman–Crippen LogP) is 1.63. The van der Waals surface area contributed by atoms with E-state index in [1.165, 1.54) is 12.1 Å². The Labute approximate surface area is 117 Å². The van der Waals surface area contributed by atoms with Gasteiger partial charge in [-0.2, -0.15) is 0 Å². The van der Waals surface area contributed by atoms with Gasteiger partial charge < -0.3 is 10.6 Å². The Balaban J connectivity index is 1.67. The molecule has 20 heavy (non-hydrogen) atoms. The van der Waals surface area contributed by atoms with Crippen molar-refractivity contribution in [1.29, 1.82) is 0 Å². The van der Waals surface area contributed by atoms with Crippen LogP contribution in [0.3, 0.4) is 0 Å². The highest BCUT2D eigenvalue weighted by atomic mass is 19.1. The fraction of sp³-hybridized carbons (Fsp3) is 0.200. The number of aromatic nitrogens is 1. The zero-order valence-electron chi connectivity index (χ0n) is 11.0. The van der Waals surface area contributed by atoms with E-state index in [0.717, 1.165) is 11.1 Å². The van der Waals surface area contributed by atoms with Crippen LogP contribution < -0.4 is 10.6 Å². The normalized spacial score (nSPS) is 10.2. The number of nitrogens with zero attached hydrogens (tertiary/aromatic N) is 1. The van der Waals surface area contributed by atoms with Crippen molar-refractivity contribution in [3.05, 3.63) is 65.7 Å². The number of hydrogen-bond acceptors (Lipinski definition) is 3. The molecule has 0 atom stereocenters. The van der Waals surface area contributed by atoms with Gasteiger partial charge in [0.05, 0.1) is 6.54 Å². The fourth-order valence-corrected chi connectivity index (χ4v) is 1.69. The van der Waals surface area contributed by atoms with Crippen LogP contribution in [0.25, 0.3) is 0 Å². The van der Waals surface area contributed by atoms with E-state index in [4.69, 9.17) is 0 Å². The molecule has 0 spiro atoms. The number of halogens is 1. The van der Waals surface area contributed by atoms with Crippen LogP contribution in [0.4, 0.5) is 4.39 Å². The molecule has 1 heterocycles. The van der Waals surface area contributed by atoms with Gasteiger partial charge in [-0.15, -0.1) is 0 Å². The molecule has 1 aromatic carbocycles. The van der Waals surface area contributed by atoms with Crippen molar-refractivity contribution in [3.63, 3.8) is 0 Å². The molecule has 2 N–H and O–H groups in total. The largest absolute Gasteiger partial charge is 0.351 e. The lowest BCUT2D eigenvalue weighted by Gasteiger charge is -2.07. The SMILES string of the molecule is O=C(CNCc1cccnc1)NCc1ccc(F)cc1. The Hall–Kier alpha value is -2.27. The second-order valence-electron chi connectivity index (χ2n) is 4.37. The quantitative estimate of drug-likeness (QED) is 0.841. The third-order valence-electron chi connectivity index (χ3n) is 2.74. The molecule has 0 saturated carbocycles. The Morgan fingerprint density at radius 1 is 1.10 bits per heavy atom. The summed E-state index contributed by atoms with van der Waals surface area (Å²) in [5.41, 5.74) is 1.89. The molecular formula is C15H16FN3O. The summed E-state index contributed by atoms with van der Waals surface area (Å²) >= 11 is 0. The first-order valence-corrected chi connectivity index (χ1v) is 6.35. The fourth-order valence-electron chi connectivity index (χ4n) is 1.69. The lowest BCUT2D eigenvalue weighted by molar-refractivity contribution is -0.120. The average Bonchev–Trinajstić information content (AvgIpc) is 2.48. The molecule has 1 aromatic heterocycles. The van der Waals surface area contributed by atoms with Crippen LogP contribution in [0, 0.1) is 5.82 Å². The van der Waals surface area contributed by atoms with Gasteiger partial charge in [0.1, 0.15) is 5.82 Å². The minimum atomic E-state index is -0.279. The highest BCUT2D eigenvalue weighted by Crippen LogP contribution is 2.01. The van der Waals surface area contributed by atoms with Crippen LogP contribution >= 0.6 is 0 Å². The third-order valence-corrected chi connectivity index (χ3v) is 2.74. The van der Waals surface area contributed by atoms with Crippen molar-refractivity contribution in [2.24, 2.45) is 0 Å². The zero-order chi connectivity index (χ0) is 14.2. The molecule has 0 aliphatic carbocycles. The summed E-state index contributed by atoms with van der Waals surface area (Å²) in [6.07, 6.45) is 3.46. The summed E-state index contributed by atoms with van der Waals surface area (Å²) in [6.45, 7) is 1.22. The lowest BCUT2D eigenvalue weighted by atomic mass is 10.2. The van der Waals surface area contributed by atoms with Gasteiger partial charge >= 0.3 is 0 Å². The molecule has 0 radical (unpaired) electrons. The Morgan fingerprint density at radius 2 is 1.90 bits per heavy atom. The monoisotopic (exact) mass is 273 g/mol. The Kier molecular flexibility index (Phi) is 5.20. The summed E-state index contributed by atoms with van der Waals surface area (Å²) < 4.78 is 12.7. The van der Waals surface area contributed by atoms with Gasteiger partial charge in [-0.05, 0) is 29.3 Å². The summed E-state index contributed by atoms with van der Waals surface area (Å²) in [5.74, 6) is -0.378. The Bertz CT molecular complexity index is 543. The van der Waals surface area contributed by atoms with Gasteiger partial charge in [0, 0.05) is 25.5 Å². The standard InChI is InChI=1S/C15H16FN3O/c16-14-5-3-12(4-6-14)10-19-15(20)11-18-9-13-2-1-7-17-8-13/h1-8,18H,9-11H2,(H,19,20). The number of pyridine rings is 1. The molecule has 104 valence electrons. The summed E-state index contributed by atoms with van der Waals surface area (Å²) in [6, 6.07) is 9.85. The molecule has 2 rings (SSSR count). The van der Waals surface area contributed by atoms with E-state index in [1.807, 2.05) is 12.1 Å². The molecular weight excluding hydrogens is 257 g/mol. The predicted molar refractivity (Wildman–Crippen MR) is 74.2 cm³/mol. The van der Waals surface area contributed by atoms with E-state index in [9.17, 15) is 9.18 Å². The van der Waals surface area contributed by atoms with Gasteiger partial charge in [-0.25, -0.2) is 4.39 Å². The van der Waals surface area contributed by atoms with Crippen LogP contribution in [-0.2, 0) is 17.9 Å². The van der Waals surface area contributed by atoms with Gasteiger partial charge in [0.2, 0.25) is 5.91 Å². The van der Waals surface area contributed by atoms with E-state index >= 15 is 0 Å². The number of carbonyl (C=O) groups excluding carboxylic acids is 1. The van der Waals surface area contributed by atoms with Crippen LogP contribution in [-0.4, -0.2) is 17.4 Å². The molecule has 0 saturated heterocycles. The zero-order valence-corrected chi connectivity index (χ0v) is 11.0. The van der Waals surface area contributed by atoms with Crippen molar-refractivity contribution in [2.45, 2.75) is 13.1 Å². The minimum absolute atomic E-state index is 0.0989. The molecule has 5 heteroatoms. The maximum Gasteiger partial charge on any atom is 0.234 e. The highest BCUT2D eigenvalue weighted by Gasteiger charge is 2.01. The molecule has 2 aromatic rings. The van der Waals surface area contributed by atoms with Crippen molar-refractivity contribution in [2.75, 3.05) is 6.54 Å². The van der Waals surface area contributed by atoms with Crippen LogP contribution in [0.2, 0.25) is 0 Å². The average molecular weight is 273 g/mol. The molecule has 4 nitrogen and oxygen atoms in total. The van der Waals surface area contributed by atoms with E-state index in [0.29, 0.717) is 13.1 Å². The highest BCUT2D eigenvalue weighted by molar-refractivity contribution is 5.77. The molecule has 0 bridgehead atoms. The van der Waals surface area contributed by atoms with Crippen molar-refractivity contribution >= 4 is 5.91 Å². The van der Waals surface area contributed by atoms with Crippen LogP contribution in [0.15, 0.2) is 48.8 Å². The maximum atomic E-state index is 12.7. The van der Waals surface area contributed by atoms with Crippen molar-refractivity contribution in [1.82, 2.24) is 15.6 Å². The first-order chi connectivity index (χ1) is 9.74. The topological polar surface area (TPSA) is 54.0 Å². The number of hydrogen-bond donors (Lipinski definition) is 2. The number of rotatable bonds is 6. The minimum Gasteiger partial charge on any atom is -0.351 e. The molecule has 0 fully saturated rings. The van der Waals surface area contributed by atoms with E-state index in [2.05, 4.69) is 15.6 Å². The van der Waals surface area contributed by atoms with E-state index in [1.54, 1.807) is 24.5 Å².